The molecule has 0 amide bonds. The number of nitrogens with one attached hydrogen (secondary N) is 2. The molecule has 1 aromatic carbocycles. The lowest BCUT2D eigenvalue weighted by Gasteiger charge is -2.02. The monoisotopic (exact) mass is 424 g/mol. The number of nitrogens with zero attached hydrogens (tertiary/aromatic N) is 4. The van der Waals surface area contributed by atoms with E-state index < -0.39 is 5.97 Å². The molecule has 0 unspecified atom stereocenters. The van der Waals surface area contributed by atoms with Crippen LogP contribution in [0.4, 0.5) is 0 Å². The molecule has 3 heterocycles. The standard InChI is InChI=1S/C20H20N6O3S/c1-12(22-8-7-13-10-21-11-23-13)18-15(9-17(27)29-2)25-26(19(18)28)20-24-14-5-3-4-6-16(14)30-20/h3-6,10-11,25H,7-9H2,1-2H3,(H,21,23). The second kappa shape index (κ2) is 8.46. The minimum absolute atomic E-state index is 0.0631. The van der Waals surface area contributed by atoms with Gasteiger partial charge in [-0.1, -0.05) is 23.5 Å². The first kappa shape index (κ1) is 19.8. The number of fused-ring (bicyclic) bond motifs is 1. The lowest BCUT2D eigenvalue weighted by Crippen LogP contribution is -2.20. The minimum Gasteiger partial charge on any atom is -0.469 e. The molecule has 4 rings (SSSR count). The first-order valence-electron chi connectivity index (χ1n) is 9.32. The highest BCUT2D eigenvalue weighted by atomic mass is 32.1. The average Bonchev–Trinajstić information content (AvgIpc) is 3.46. The molecule has 0 saturated heterocycles. The molecule has 9 nitrogen and oxygen atoms in total. The second-order valence-corrected chi connectivity index (χ2v) is 7.63. The van der Waals surface area contributed by atoms with Crippen LogP contribution in [0.5, 0.6) is 0 Å². The molecule has 10 heteroatoms. The lowest BCUT2D eigenvalue weighted by atomic mass is 10.1. The number of H-pyrrole nitrogens is 2. The number of hydrogen-bond donors (Lipinski definition) is 2. The molecule has 154 valence electrons. The van der Waals surface area contributed by atoms with Gasteiger partial charge in [0.2, 0.25) is 5.13 Å². The predicted molar refractivity (Wildman–Crippen MR) is 115 cm³/mol. The maximum atomic E-state index is 13.2. The van der Waals surface area contributed by atoms with Crippen molar-refractivity contribution in [2.75, 3.05) is 13.7 Å². The Kier molecular flexibility index (Phi) is 5.57. The third-order valence-electron chi connectivity index (χ3n) is 4.63. The van der Waals surface area contributed by atoms with Gasteiger partial charge in [-0.25, -0.2) is 9.97 Å². The number of aliphatic imine (C=N–C) groups is 1. The van der Waals surface area contributed by atoms with Crippen LogP contribution in [0.25, 0.3) is 15.3 Å². The van der Waals surface area contributed by atoms with Crippen molar-refractivity contribution in [2.24, 2.45) is 4.99 Å². The Hall–Kier alpha value is -3.53. The van der Waals surface area contributed by atoms with Gasteiger partial charge in [0.05, 0.1) is 41.3 Å². The van der Waals surface area contributed by atoms with Gasteiger partial charge in [0.15, 0.2) is 0 Å². The number of aromatic amines is 2. The molecule has 2 N–H and O–H groups in total. The van der Waals surface area contributed by atoms with Crippen LogP contribution < -0.4 is 5.56 Å². The molecule has 30 heavy (non-hydrogen) atoms. The quantitative estimate of drug-likeness (QED) is 0.349. The summed E-state index contributed by atoms with van der Waals surface area (Å²) in [7, 11) is 1.32. The molecule has 0 saturated carbocycles. The number of carbonyl (C=O) groups excluding carboxylic acids is 1. The molecule has 0 atom stereocenters. The summed E-state index contributed by atoms with van der Waals surface area (Å²) in [5.74, 6) is -0.445. The third-order valence-corrected chi connectivity index (χ3v) is 5.66. The van der Waals surface area contributed by atoms with Crippen LogP contribution in [0.1, 0.15) is 23.9 Å². The Balaban J connectivity index is 1.71. The van der Waals surface area contributed by atoms with Crippen LogP contribution in [-0.4, -0.2) is 50.1 Å². The highest BCUT2D eigenvalue weighted by Gasteiger charge is 2.21. The zero-order valence-electron chi connectivity index (χ0n) is 16.5. The number of aromatic nitrogens is 5. The van der Waals surface area contributed by atoms with Crippen LogP contribution in [-0.2, 0) is 22.4 Å². The summed E-state index contributed by atoms with van der Waals surface area (Å²) >= 11 is 1.39. The van der Waals surface area contributed by atoms with Gasteiger partial charge in [-0.3, -0.25) is 19.7 Å². The average molecular weight is 424 g/mol. The van der Waals surface area contributed by atoms with E-state index in [0.717, 1.165) is 15.9 Å². The highest BCUT2D eigenvalue weighted by molar-refractivity contribution is 7.20. The van der Waals surface area contributed by atoms with E-state index in [2.05, 4.69) is 25.0 Å². The van der Waals surface area contributed by atoms with Gasteiger partial charge in [0, 0.05) is 30.6 Å². The van der Waals surface area contributed by atoms with Gasteiger partial charge in [0.25, 0.3) is 5.56 Å². The first-order chi connectivity index (χ1) is 14.6. The molecule has 0 fully saturated rings. The van der Waals surface area contributed by atoms with Gasteiger partial charge in [0.1, 0.15) is 0 Å². The summed E-state index contributed by atoms with van der Waals surface area (Å²) < 4.78 is 7.12. The minimum atomic E-state index is -0.445. The number of ether oxygens (including phenoxy) is 1. The maximum absolute atomic E-state index is 13.2. The first-order valence-corrected chi connectivity index (χ1v) is 10.1. The Labute approximate surface area is 175 Å². The summed E-state index contributed by atoms with van der Waals surface area (Å²) in [5, 5.41) is 3.54. The third kappa shape index (κ3) is 3.94. The normalized spacial score (nSPS) is 11.9. The Morgan fingerprint density at radius 3 is 2.90 bits per heavy atom. The molecule has 0 spiro atoms. The number of imidazole rings is 1. The summed E-state index contributed by atoms with van der Waals surface area (Å²) in [4.78, 5) is 41.2. The van der Waals surface area contributed by atoms with Crippen molar-refractivity contribution in [3.8, 4) is 5.13 Å². The maximum Gasteiger partial charge on any atom is 0.311 e. The summed E-state index contributed by atoms with van der Waals surface area (Å²) in [6.07, 6.45) is 3.96. The van der Waals surface area contributed by atoms with Crippen LogP contribution in [0.15, 0.2) is 46.6 Å². The fourth-order valence-electron chi connectivity index (χ4n) is 3.13. The molecule has 0 bridgehead atoms. The number of carbonyl (C=O) groups is 1. The van der Waals surface area contributed by atoms with E-state index >= 15 is 0 Å². The van der Waals surface area contributed by atoms with Crippen molar-refractivity contribution in [3.05, 3.63) is 64.1 Å². The van der Waals surface area contributed by atoms with Gasteiger partial charge in [-0.15, -0.1) is 0 Å². The van der Waals surface area contributed by atoms with Crippen molar-refractivity contribution < 1.29 is 9.53 Å². The highest BCUT2D eigenvalue weighted by Crippen LogP contribution is 2.24. The van der Waals surface area contributed by atoms with Gasteiger partial charge in [-0.05, 0) is 19.1 Å². The van der Waals surface area contributed by atoms with E-state index in [1.807, 2.05) is 24.3 Å². The van der Waals surface area contributed by atoms with Crippen LogP contribution in [0.2, 0.25) is 0 Å². The van der Waals surface area contributed by atoms with Crippen molar-refractivity contribution in [1.82, 2.24) is 24.7 Å². The molecular formula is C20H20N6O3S. The summed E-state index contributed by atoms with van der Waals surface area (Å²) in [6, 6.07) is 7.66. The smallest absolute Gasteiger partial charge is 0.311 e. The van der Waals surface area contributed by atoms with E-state index in [1.54, 1.807) is 19.4 Å². The number of benzene rings is 1. The van der Waals surface area contributed by atoms with Crippen LogP contribution in [0.3, 0.4) is 0 Å². The topological polar surface area (TPSA) is 118 Å². The van der Waals surface area contributed by atoms with Crippen molar-refractivity contribution in [1.29, 1.82) is 0 Å². The molecule has 0 aliphatic rings. The lowest BCUT2D eigenvalue weighted by molar-refractivity contribution is -0.139. The number of methoxy groups -OCH3 is 1. The van der Waals surface area contributed by atoms with Crippen molar-refractivity contribution in [2.45, 2.75) is 19.8 Å². The Bertz CT molecular complexity index is 1230. The number of esters is 1. The summed E-state index contributed by atoms with van der Waals surface area (Å²) in [6.45, 7) is 2.25. The Morgan fingerprint density at radius 2 is 2.17 bits per heavy atom. The number of rotatable bonds is 7. The molecule has 0 aliphatic heterocycles. The molecule has 0 aliphatic carbocycles. The van der Waals surface area contributed by atoms with E-state index in [9.17, 15) is 9.59 Å². The fourth-order valence-corrected chi connectivity index (χ4v) is 4.06. The molecule has 3 aromatic heterocycles. The van der Waals surface area contributed by atoms with E-state index in [-0.39, 0.29) is 12.0 Å². The van der Waals surface area contributed by atoms with Crippen LogP contribution >= 0.6 is 11.3 Å². The van der Waals surface area contributed by atoms with Gasteiger partial charge < -0.3 is 9.72 Å². The Morgan fingerprint density at radius 1 is 1.33 bits per heavy atom. The van der Waals surface area contributed by atoms with Gasteiger partial charge in [-0.2, -0.15) is 4.68 Å². The predicted octanol–water partition coefficient (Wildman–Crippen LogP) is 2.27. The van der Waals surface area contributed by atoms with E-state index in [0.29, 0.717) is 35.1 Å². The van der Waals surface area contributed by atoms with E-state index in [4.69, 9.17) is 4.74 Å². The largest absolute Gasteiger partial charge is 0.469 e. The molecular weight excluding hydrogens is 404 g/mol. The second-order valence-electron chi connectivity index (χ2n) is 6.62. The van der Waals surface area contributed by atoms with Crippen LogP contribution in [0, 0.1) is 0 Å². The zero-order chi connectivity index (χ0) is 21.1. The SMILES string of the molecule is COC(=O)Cc1[nH]n(-c2nc3ccccc3s2)c(=O)c1C(C)=NCCc1cnc[nH]1. The molecule has 0 radical (unpaired) electrons. The summed E-state index contributed by atoms with van der Waals surface area (Å²) in [5.41, 5.74) is 2.84. The number of hydrogen-bond acceptors (Lipinski definition) is 7. The van der Waals surface area contributed by atoms with Crippen molar-refractivity contribution in [3.63, 3.8) is 0 Å². The van der Waals surface area contributed by atoms with Crippen molar-refractivity contribution >= 4 is 33.2 Å². The number of thiazole rings is 1. The fraction of sp³-hybridized carbons (Fsp3) is 0.250. The number of para-hydroxylation sites is 1. The van der Waals surface area contributed by atoms with E-state index in [1.165, 1.54) is 23.1 Å². The van der Waals surface area contributed by atoms with Gasteiger partial charge >= 0.3 is 5.97 Å². The molecule has 4 aromatic rings. The zero-order valence-corrected chi connectivity index (χ0v) is 17.3.